The third-order valence-corrected chi connectivity index (χ3v) is 3.83. The molecule has 0 bridgehead atoms. The summed E-state index contributed by atoms with van der Waals surface area (Å²) in [5.41, 5.74) is 1.19. The average Bonchev–Trinajstić information content (AvgIpc) is 2.53. The topological polar surface area (TPSA) is 79.2 Å². The van der Waals surface area contributed by atoms with Crippen LogP contribution in [0.15, 0.2) is 35.5 Å². The molecule has 1 heterocycles. The Kier molecular flexibility index (Phi) is 4.80. The first-order chi connectivity index (χ1) is 10.9. The molecule has 2 atom stereocenters. The van der Waals surface area contributed by atoms with Crippen molar-refractivity contribution in [2.24, 2.45) is 11.8 Å². The molecule has 120 valence electrons. The summed E-state index contributed by atoms with van der Waals surface area (Å²) in [5, 5.41) is 12.0. The predicted molar refractivity (Wildman–Crippen MR) is 80.3 cm³/mol. The normalized spacial score (nSPS) is 21.0. The minimum atomic E-state index is -1.09. The molecule has 2 rings (SSSR count). The van der Waals surface area contributed by atoms with Gasteiger partial charge in [-0.15, -0.1) is 0 Å². The number of esters is 1. The molecule has 1 aliphatic rings. The van der Waals surface area contributed by atoms with E-state index in [1.807, 2.05) is 19.9 Å². The average molecular weight is 316 g/mol. The number of hydrogen-bond acceptors (Lipinski definition) is 4. The van der Waals surface area contributed by atoms with Crippen molar-refractivity contribution < 1.29 is 18.7 Å². The lowest BCUT2D eigenvalue weighted by atomic mass is 9.76. The summed E-state index contributed by atoms with van der Waals surface area (Å²) in [7, 11) is 1.24. The van der Waals surface area contributed by atoms with Gasteiger partial charge in [-0.2, -0.15) is 5.26 Å². The number of carbonyl (C=O) groups excluding carboxylic acids is 2. The third kappa shape index (κ3) is 3.09. The second-order valence-corrected chi connectivity index (χ2v) is 5.60. The van der Waals surface area contributed by atoms with Crippen molar-refractivity contribution in [3.05, 3.63) is 46.9 Å². The van der Waals surface area contributed by atoms with E-state index in [0.717, 1.165) is 0 Å². The number of nitrogens with zero attached hydrogens (tertiary/aromatic N) is 1. The third-order valence-electron chi connectivity index (χ3n) is 3.83. The van der Waals surface area contributed by atoms with Crippen LogP contribution in [0.3, 0.4) is 0 Å². The lowest BCUT2D eigenvalue weighted by Crippen LogP contribution is -2.43. The number of benzene rings is 1. The van der Waals surface area contributed by atoms with Gasteiger partial charge < -0.3 is 10.1 Å². The molecule has 0 saturated heterocycles. The van der Waals surface area contributed by atoms with Crippen LogP contribution in [0, 0.1) is 29.0 Å². The van der Waals surface area contributed by atoms with Crippen LogP contribution >= 0.6 is 0 Å². The van der Waals surface area contributed by atoms with E-state index in [1.165, 1.54) is 31.4 Å². The summed E-state index contributed by atoms with van der Waals surface area (Å²) in [5.74, 6) is -3.54. The van der Waals surface area contributed by atoms with Gasteiger partial charge in [0.15, 0.2) is 0 Å². The monoisotopic (exact) mass is 316 g/mol. The highest BCUT2D eigenvalue weighted by atomic mass is 19.1. The summed E-state index contributed by atoms with van der Waals surface area (Å²) in [4.78, 5) is 24.5. The Balaban J connectivity index is 2.69. The Bertz CT molecular complexity index is 702. The number of nitrogens with one attached hydrogen (secondary N) is 1. The molecule has 6 heteroatoms. The van der Waals surface area contributed by atoms with Crippen molar-refractivity contribution in [2.75, 3.05) is 7.11 Å². The summed E-state index contributed by atoms with van der Waals surface area (Å²) >= 11 is 0. The molecule has 23 heavy (non-hydrogen) atoms. The molecule has 0 saturated carbocycles. The zero-order chi connectivity index (χ0) is 17.1. The second-order valence-electron chi connectivity index (χ2n) is 5.60. The SMILES string of the molecule is COC(=O)C1=C(C(C)C)NC(=O)C(C#N)C1c1ccc(F)cc1. The number of amides is 1. The maximum Gasteiger partial charge on any atom is 0.336 e. The van der Waals surface area contributed by atoms with Gasteiger partial charge in [-0.05, 0) is 23.6 Å². The van der Waals surface area contributed by atoms with Gasteiger partial charge in [0, 0.05) is 11.6 Å². The van der Waals surface area contributed by atoms with Gasteiger partial charge in [-0.25, -0.2) is 9.18 Å². The predicted octanol–water partition coefficient (Wildman–Crippen LogP) is 2.26. The van der Waals surface area contributed by atoms with E-state index in [1.54, 1.807) is 0 Å². The number of allylic oxidation sites excluding steroid dienone is 1. The van der Waals surface area contributed by atoms with Crippen molar-refractivity contribution in [1.29, 1.82) is 5.26 Å². The van der Waals surface area contributed by atoms with Gasteiger partial charge >= 0.3 is 5.97 Å². The van der Waals surface area contributed by atoms with Crippen LogP contribution in [0.2, 0.25) is 0 Å². The Morgan fingerprint density at radius 2 is 1.96 bits per heavy atom. The molecule has 0 spiro atoms. The Morgan fingerprint density at radius 3 is 2.43 bits per heavy atom. The van der Waals surface area contributed by atoms with Gasteiger partial charge in [0.1, 0.15) is 11.7 Å². The largest absolute Gasteiger partial charge is 0.466 e. The molecule has 0 radical (unpaired) electrons. The number of nitriles is 1. The molecule has 1 aromatic rings. The molecule has 2 unspecified atom stereocenters. The molecule has 0 aliphatic carbocycles. The van der Waals surface area contributed by atoms with E-state index in [9.17, 15) is 19.2 Å². The molecule has 0 fully saturated rings. The minimum absolute atomic E-state index is 0.143. The summed E-state index contributed by atoms with van der Waals surface area (Å²) < 4.78 is 18.0. The molecular formula is C17H17FN2O3. The summed E-state index contributed by atoms with van der Waals surface area (Å²) in [6.07, 6.45) is 0. The van der Waals surface area contributed by atoms with Crippen LogP contribution in [-0.4, -0.2) is 19.0 Å². The van der Waals surface area contributed by atoms with E-state index in [4.69, 9.17) is 4.74 Å². The van der Waals surface area contributed by atoms with Crippen LogP contribution in [0.25, 0.3) is 0 Å². The van der Waals surface area contributed by atoms with Crippen LogP contribution in [0.4, 0.5) is 4.39 Å². The van der Waals surface area contributed by atoms with Crippen LogP contribution in [0.5, 0.6) is 0 Å². The van der Waals surface area contributed by atoms with Crippen molar-refractivity contribution in [3.8, 4) is 6.07 Å². The van der Waals surface area contributed by atoms with Crippen LogP contribution in [-0.2, 0) is 14.3 Å². The zero-order valence-corrected chi connectivity index (χ0v) is 13.1. The smallest absolute Gasteiger partial charge is 0.336 e. The number of methoxy groups -OCH3 is 1. The lowest BCUT2D eigenvalue weighted by Gasteiger charge is -2.32. The second kappa shape index (κ2) is 6.61. The minimum Gasteiger partial charge on any atom is -0.466 e. The highest BCUT2D eigenvalue weighted by molar-refractivity contribution is 5.97. The van der Waals surface area contributed by atoms with Crippen LogP contribution in [0.1, 0.15) is 25.3 Å². The Morgan fingerprint density at radius 1 is 1.35 bits per heavy atom. The first kappa shape index (κ1) is 16.7. The summed E-state index contributed by atoms with van der Waals surface area (Å²) in [6.45, 7) is 3.65. The first-order valence-corrected chi connectivity index (χ1v) is 7.19. The highest BCUT2D eigenvalue weighted by Crippen LogP contribution is 2.39. The number of carbonyl (C=O) groups is 2. The van der Waals surface area contributed by atoms with Gasteiger partial charge in [0.05, 0.1) is 18.8 Å². The quantitative estimate of drug-likeness (QED) is 0.868. The fourth-order valence-electron chi connectivity index (χ4n) is 2.73. The fraction of sp³-hybridized carbons (Fsp3) is 0.353. The standard InChI is InChI=1S/C17H17FN2O3/c1-9(2)15-14(17(22)23-3)13(12(8-19)16(21)20-15)10-4-6-11(18)7-5-10/h4-7,9,12-13H,1-3H3,(H,20,21). The molecule has 1 aromatic carbocycles. The molecule has 1 amide bonds. The maximum absolute atomic E-state index is 13.2. The molecular weight excluding hydrogens is 299 g/mol. The number of ether oxygens (including phenoxy) is 1. The van der Waals surface area contributed by atoms with Crippen LogP contribution < -0.4 is 5.32 Å². The summed E-state index contributed by atoms with van der Waals surface area (Å²) in [6, 6.07) is 7.36. The molecule has 1 N–H and O–H groups in total. The Hall–Kier alpha value is -2.68. The van der Waals surface area contributed by atoms with Gasteiger partial charge in [0.25, 0.3) is 0 Å². The lowest BCUT2D eigenvalue weighted by molar-refractivity contribution is -0.137. The molecule has 1 aliphatic heterocycles. The van der Waals surface area contributed by atoms with Crippen molar-refractivity contribution >= 4 is 11.9 Å². The molecule has 5 nitrogen and oxygen atoms in total. The van der Waals surface area contributed by atoms with E-state index >= 15 is 0 Å². The maximum atomic E-state index is 13.2. The number of halogens is 1. The van der Waals surface area contributed by atoms with Gasteiger partial charge in [0.2, 0.25) is 5.91 Å². The van der Waals surface area contributed by atoms with Crippen molar-refractivity contribution in [2.45, 2.75) is 19.8 Å². The Labute approximate surface area is 133 Å². The van der Waals surface area contributed by atoms with E-state index in [0.29, 0.717) is 11.3 Å². The zero-order valence-electron chi connectivity index (χ0n) is 13.1. The highest BCUT2D eigenvalue weighted by Gasteiger charge is 2.42. The first-order valence-electron chi connectivity index (χ1n) is 7.19. The van der Waals surface area contributed by atoms with Crippen molar-refractivity contribution in [1.82, 2.24) is 5.32 Å². The van der Waals surface area contributed by atoms with E-state index in [2.05, 4.69) is 5.32 Å². The van der Waals surface area contributed by atoms with Gasteiger partial charge in [-0.3, -0.25) is 4.79 Å². The fourth-order valence-corrected chi connectivity index (χ4v) is 2.73. The van der Waals surface area contributed by atoms with Crippen molar-refractivity contribution in [3.63, 3.8) is 0 Å². The van der Waals surface area contributed by atoms with E-state index < -0.39 is 29.5 Å². The number of hydrogen-bond donors (Lipinski definition) is 1. The number of rotatable bonds is 3. The van der Waals surface area contributed by atoms with Gasteiger partial charge in [-0.1, -0.05) is 26.0 Å². The van der Waals surface area contributed by atoms with E-state index in [-0.39, 0.29) is 11.5 Å². The molecule has 0 aromatic heterocycles.